The monoisotopic (exact) mass is 550 g/mol. The number of hydrogen-bond acceptors (Lipinski definition) is 9. The standard InChI is InChI=1S/C30H34N2O6S/c1-29(2,31-9-13-37-14-10-31)27(35)19-5-7-23-21(17-19)25(33)26(34)22-18-20(6-8-24(22)39-23)28(36)30(3,4)32-11-15-38-16-12-32/h5-8,17-18H,9-16H2,1-4H3. The second kappa shape index (κ2) is 10.6. The number of nitrogens with zero attached hydrogens (tertiary/aromatic N) is 2. The number of carbonyl (C=O) groups excluding carboxylic acids is 2. The molecule has 9 heteroatoms. The number of rotatable bonds is 6. The topological polar surface area (TPSA) is 93.2 Å². The van der Waals surface area contributed by atoms with Crippen LogP contribution < -0.4 is 10.9 Å². The summed E-state index contributed by atoms with van der Waals surface area (Å²) in [6.45, 7) is 12.4. The normalized spacial score (nSPS) is 17.9. The molecule has 2 aromatic carbocycles. The van der Waals surface area contributed by atoms with Gasteiger partial charge in [-0.1, -0.05) is 0 Å². The minimum absolute atomic E-state index is 0.113. The van der Waals surface area contributed by atoms with Crippen molar-refractivity contribution in [3.05, 3.63) is 68.0 Å². The highest BCUT2D eigenvalue weighted by molar-refractivity contribution is 7.24. The maximum atomic E-state index is 13.6. The van der Waals surface area contributed by atoms with Crippen LogP contribution in [0.15, 0.2) is 46.0 Å². The molecule has 0 amide bonds. The van der Waals surface area contributed by atoms with E-state index in [9.17, 15) is 19.2 Å². The molecule has 206 valence electrons. The molecule has 0 unspecified atom stereocenters. The number of fused-ring (bicyclic) bond motifs is 2. The van der Waals surface area contributed by atoms with E-state index in [1.807, 2.05) is 27.7 Å². The number of Topliss-reactive ketones (excluding diaryl/α,β-unsaturated/α-hetero) is 2. The fourth-order valence-electron chi connectivity index (χ4n) is 5.48. The highest BCUT2D eigenvalue weighted by atomic mass is 32.1. The molecule has 1 aromatic heterocycles. The van der Waals surface area contributed by atoms with Gasteiger partial charge < -0.3 is 9.47 Å². The Balaban J connectivity index is 1.56. The molecule has 0 bridgehead atoms. The lowest BCUT2D eigenvalue weighted by atomic mass is 9.90. The first kappa shape index (κ1) is 27.7. The van der Waals surface area contributed by atoms with Gasteiger partial charge in [0.25, 0.3) is 0 Å². The van der Waals surface area contributed by atoms with Crippen molar-refractivity contribution in [1.82, 2.24) is 9.80 Å². The van der Waals surface area contributed by atoms with Crippen LogP contribution in [0, 0.1) is 0 Å². The summed E-state index contributed by atoms with van der Waals surface area (Å²) in [6, 6.07) is 10.0. The Morgan fingerprint density at radius 1 is 0.667 bits per heavy atom. The highest BCUT2D eigenvalue weighted by Gasteiger charge is 2.37. The van der Waals surface area contributed by atoms with Crippen molar-refractivity contribution in [1.29, 1.82) is 0 Å². The van der Waals surface area contributed by atoms with E-state index in [2.05, 4.69) is 9.80 Å². The summed E-state index contributed by atoms with van der Waals surface area (Å²) in [6.07, 6.45) is 0. The van der Waals surface area contributed by atoms with Crippen molar-refractivity contribution >= 4 is 43.1 Å². The van der Waals surface area contributed by atoms with Crippen molar-refractivity contribution in [2.24, 2.45) is 0 Å². The van der Waals surface area contributed by atoms with Gasteiger partial charge in [0.05, 0.1) is 37.5 Å². The van der Waals surface area contributed by atoms with Gasteiger partial charge in [-0.15, -0.1) is 11.3 Å². The van der Waals surface area contributed by atoms with Crippen LogP contribution in [0.2, 0.25) is 0 Å². The Bertz CT molecular complexity index is 1450. The van der Waals surface area contributed by atoms with Crippen LogP contribution in [0.5, 0.6) is 0 Å². The molecule has 0 radical (unpaired) electrons. The average Bonchev–Trinajstić information content (AvgIpc) is 3.06. The number of morpholine rings is 2. The number of ether oxygens (including phenoxy) is 2. The smallest absolute Gasteiger partial charge is 0.235 e. The summed E-state index contributed by atoms with van der Waals surface area (Å²) < 4.78 is 12.1. The zero-order valence-electron chi connectivity index (χ0n) is 22.9. The molecule has 0 N–H and O–H groups in total. The second-order valence-electron chi connectivity index (χ2n) is 11.2. The zero-order valence-corrected chi connectivity index (χ0v) is 23.7. The maximum absolute atomic E-state index is 13.6. The number of benzene rings is 2. The van der Waals surface area contributed by atoms with Crippen molar-refractivity contribution in [3.63, 3.8) is 0 Å². The van der Waals surface area contributed by atoms with E-state index in [1.54, 1.807) is 36.4 Å². The lowest BCUT2D eigenvalue weighted by Crippen LogP contribution is -2.54. The Labute approximate surface area is 231 Å². The van der Waals surface area contributed by atoms with E-state index in [0.29, 0.717) is 73.1 Å². The predicted molar refractivity (Wildman–Crippen MR) is 153 cm³/mol. The highest BCUT2D eigenvalue weighted by Crippen LogP contribution is 2.28. The Kier molecular flexibility index (Phi) is 7.56. The van der Waals surface area contributed by atoms with Crippen LogP contribution in [0.1, 0.15) is 48.4 Å². The van der Waals surface area contributed by atoms with Gasteiger partial charge in [-0.3, -0.25) is 29.0 Å². The summed E-state index contributed by atoms with van der Waals surface area (Å²) in [5, 5.41) is 0.428. The van der Waals surface area contributed by atoms with Crippen LogP contribution in [-0.4, -0.2) is 85.1 Å². The first-order chi connectivity index (χ1) is 18.5. The quantitative estimate of drug-likeness (QED) is 0.341. The van der Waals surface area contributed by atoms with Crippen molar-refractivity contribution in [2.75, 3.05) is 52.6 Å². The molecule has 39 heavy (non-hydrogen) atoms. The first-order valence-electron chi connectivity index (χ1n) is 13.3. The fraction of sp³-hybridized carbons (Fsp3) is 0.467. The molecule has 0 atom stereocenters. The summed E-state index contributed by atoms with van der Waals surface area (Å²) in [5.41, 5.74) is -2.13. The SMILES string of the molecule is CC(C)(C(=O)c1ccc2sc3ccc(C(=O)C(C)(C)N4CCOCC4)cc3c(=O)c(=O)c2c1)N1CCOCC1. The van der Waals surface area contributed by atoms with Crippen molar-refractivity contribution < 1.29 is 19.1 Å². The van der Waals surface area contributed by atoms with Gasteiger partial charge in [0.2, 0.25) is 10.9 Å². The zero-order chi connectivity index (χ0) is 27.9. The summed E-state index contributed by atoms with van der Waals surface area (Å²) in [5.74, 6) is -0.227. The predicted octanol–water partition coefficient (Wildman–Crippen LogP) is 3.36. The molecule has 0 saturated carbocycles. The molecule has 2 aliphatic heterocycles. The van der Waals surface area contributed by atoms with Crippen LogP contribution in [0.4, 0.5) is 0 Å². The minimum atomic E-state index is -0.783. The maximum Gasteiger partial charge on any atom is 0.235 e. The third kappa shape index (κ3) is 5.10. The van der Waals surface area contributed by atoms with E-state index in [0.717, 1.165) is 0 Å². The van der Waals surface area contributed by atoms with E-state index in [-0.39, 0.29) is 22.3 Å². The summed E-state index contributed by atoms with van der Waals surface area (Å²) in [7, 11) is 0. The van der Waals surface area contributed by atoms with Gasteiger partial charge in [-0.05, 0) is 64.1 Å². The third-order valence-corrected chi connectivity index (χ3v) is 9.27. The lowest BCUT2D eigenvalue weighted by molar-refractivity contribution is -0.00442. The molecule has 3 heterocycles. The Morgan fingerprint density at radius 3 is 1.38 bits per heavy atom. The lowest BCUT2D eigenvalue weighted by Gasteiger charge is -2.39. The van der Waals surface area contributed by atoms with Gasteiger partial charge >= 0.3 is 0 Å². The van der Waals surface area contributed by atoms with Crippen molar-refractivity contribution in [3.8, 4) is 0 Å². The van der Waals surface area contributed by atoms with Gasteiger partial charge in [0, 0.05) is 57.5 Å². The summed E-state index contributed by atoms with van der Waals surface area (Å²) >= 11 is 1.30. The molecule has 5 rings (SSSR count). The Hall–Kier alpha value is -2.82. The molecule has 0 spiro atoms. The van der Waals surface area contributed by atoms with E-state index in [1.165, 1.54) is 11.3 Å². The van der Waals surface area contributed by atoms with E-state index < -0.39 is 21.9 Å². The fourth-order valence-corrected chi connectivity index (χ4v) is 6.51. The largest absolute Gasteiger partial charge is 0.379 e. The Morgan fingerprint density at radius 2 is 1.03 bits per heavy atom. The van der Waals surface area contributed by atoms with Gasteiger partial charge in [0.15, 0.2) is 11.6 Å². The molecule has 0 aliphatic carbocycles. The van der Waals surface area contributed by atoms with Gasteiger partial charge in [-0.2, -0.15) is 0 Å². The van der Waals surface area contributed by atoms with Gasteiger partial charge in [0.1, 0.15) is 0 Å². The first-order valence-corrected chi connectivity index (χ1v) is 14.1. The van der Waals surface area contributed by atoms with Crippen LogP contribution in [0.25, 0.3) is 20.2 Å². The van der Waals surface area contributed by atoms with E-state index in [4.69, 9.17) is 9.47 Å². The summed E-state index contributed by atoms with van der Waals surface area (Å²) in [4.78, 5) is 58.2. The molecule has 2 fully saturated rings. The average molecular weight is 551 g/mol. The van der Waals surface area contributed by atoms with Crippen LogP contribution in [0.3, 0.4) is 0 Å². The molecular weight excluding hydrogens is 516 g/mol. The second-order valence-corrected chi connectivity index (χ2v) is 12.2. The third-order valence-electron chi connectivity index (χ3n) is 8.11. The number of carbonyl (C=O) groups is 2. The van der Waals surface area contributed by atoms with Crippen LogP contribution >= 0.6 is 11.3 Å². The number of hydrogen-bond donors (Lipinski definition) is 0. The molecule has 8 nitrogen and oxygen atoms in total. The molecule has 3 aromatic rings. The number of ketones is 2. The minimum Gasteiger partial charge on any atom is -0.379 e. The molecule has 2 saturated heterocycles. The van der Waals surface area contributed by atoms with Crippen LogP contribution in [-0.2, 0) is 9.47 Å². The van der Waals surface area contributed by atoms with E-state index >= 15 is 0 Å². The van der Waals surface area contributed by atoms with Gasteiger partial charge in [-0.25, -0.2) is 0 Å². The molecular formula is C30H34N2O6S. The molecule has 2 aliphatic rings. The van der Waals surface area contributed by atoms with Crippen molar-refractivity contribution in [2.45, 2.75) is 38.8 Å².